The molecule has 0 saturated heterocycles. The molecular formula is H4NO5P2+. The van der Waals surface area contributed by atoms with E-state index in [0.717, 1.165) is 0 Å². The lowest BCUT2D eigenvalue weighted by atomic mass is 13.9. The van der Waals surface area contributed by atoms with Crippen molar-refractivity contribution in [1.82, 2.24) is 0 Å². The SMILES string of the molecule is N[P+](=O)OP(=O)(O)O. The molecular weight excluding hydrogens is 156 g/mol. The fourth-order valence-electron chi connectivity index (χ4n) is 0.105. The lowest BCUT2D eigenvalue weighted by molar-refractivity contribution is 0.288. The minimum atomic E-state index is -4.63. The number of hydrogen-bond donors (Lipinski definition) is 3. The summed E-state index contributed by atoms with van der Waals surface area (Å²) in [4.78, 5) is 15.6. The largest absolute Gasteiger partial charge is 0.621 e. The van der Waals surface area contributed by atoms with Gasteiger partial charge in [0.1, 0.15) is 0 Å². The molecule has 1 atom stereocenters. The first-order chi connectivity index (χ1) is 3.42. The van der Waals surface area contributed by atoms with E-state index in [0.29, 0.717) is 0 Å². The van der Waals surface area contributed by atoms with Crippen LogP contribution in [0.1, 0.15) is 0 Å². The smallest absolute Gasteiger partial charge is 0.300 e. The van der Waals surface area contributed by atoms with Crippen LogP contribution in [0.15, 0.2) is 0 Å². The van der Waals surface area contributed by atoms with Gasteiger partial charge in [0.2, 0.25) is 0 Å². The molecule has 0 heterocycles. The van der Waals surface area contributed by atoms with E-state index in [-0.39, 0.29) is 0 Å². The highest BCUT2D eigenvalue weighted by Crippen LogP contribution is 2.43. The Morgan fingerprint density at radius 1 is 1.62 bits per heavy atom. The van der Waals surface area contributed by atoms with E-state index in [9.17, 15) is 9.13 Å². The second-order valence-corrected chi connectivity index (χ2v) is 3.06. The summed E-state index contributed by atoms with van der Waals surface area (Å²) in [5.74, 6) is 0. The molecule has 0 aromatic carbocycles. The molecule has 0 saturated carbocycles. The van der Waals surface area contributed by atoms with Crippen LogP contribution >= 0.6 is 16.0 Å². The quantitative estimate of drug-likeness (QED) is 0.478. The number of rotatable bonds is 2. The van der Waals surface area contributed by atoms with Gasteiger partial charge in [0.25, 0.3) is 0 Å². The minimum absolute atomic E-state index is 2.70. The van der Waals surface area contributed by atoms with Gasteiger partial charge in [0, 0.05) is 0 Å². The van der Waals surface area contributed by atoms with Crippen LogP contribution in [0.25, 0.3) is 0 Å². The zero-order chi connectivity index (χ0) is 6.78. The normalized spacial score (nSPS) is 13.6. The van der Waals surface area contributed by atoms with E-state index in [4.69, 9.17) is 9.79 Å². The van der Waals surface area contributed by atoms with Gasteiger partial charge in [-0.1, -0.05) is 5.50 Å². The van der Waals surface area contributed by atoms with Crippen LogP contribution < -0.4 is 5.50 Å². The van der Waals surface area contributed by atoms with Crippen molar-refractivity contribution in [3.8, 4) is 0 Å². The molecule has 0 fully saturated rings. The minimum Gasteiger partial charge on any atom is -0.300 e. The maximum atomic E-state index is 9.67. The Labute approximate surface area is 45.8 Å². The maximum Gasteiger partial charge on any atom is 0.621 e. The summed E-state index contributed by atoms with van der Waals surface area (Å²) in [7, 11) is -7.33. The van der Waals surface area contributed by atoms with E-state index in [1.54, 1.807) is 0 Å². The van der Waals surface area contributed by atoms with E-state index in [2.05, 4.69) is 9.81 Å². The topological polar surface area (TPSA) is 110 Å². The van der Waals surface area contributed by atoms with Crippen molar-refractivity contribution in [2.24, 2.45) is 5.50 Å². The van der Waals surface area contributed by atoms with Crippen LogP contribution in [0, 0.1) is 0 Å². The van der Waals surface area contributed by atoms with E-state index in [1.165, 1.54) is 0 Å². The van der Waals surface area contributed by atoms with Gasteiger partial charge >= 0.3 is 16.0 Å². The Morgan fingerprint density at radius 3 is 2.00 bits per heavy atom. The standard InChI is InChI=1S/H3NO5P2/c1-7(2)6-8(3,4)5/h(H3-,1,2,3,4,5)/p+1. The predicted octanol–water partition coefficient (Wildman–Crippen LogP) is -0.288. The van der Waals surface area contributed by atoms with Gasteiger partial charge in [-0.2, -0.15) is 0 Å². The predicted molar refractivity (Wildman–Crippen MR) is 24.9 cm³/mol. The van der Waals surface area contributed by atoms with Crippen LogP contribution in [0.2, 0.25) is 0 Å². The third-order valence-corrected chi connectivity index (χ3v) is 1.68. The first-order valence-corrected chi connectivity index (χ1v) is 4.17. The van der Waals surface area contributed by atoms with E-state index >= 15 is 0 Å². The summed E-state index contributed by atoms with van der Waals surface area (Å²) in [6.45, 7) is 0. The monoisotopic (exact) mass is 160 g/mol. The molecule has 1 unspecified atom stereocenters. The molecule has 0 rings (SSSR count). The first-order valence-electron chi connectivity index (χ1n) is 1.39. The van der Waals surface area contributed by atoms with Gasteiger partial charge in [-0.25, -0.2) is 4.57 Å². The second-order valence-electron chi connectivity index (χ2n) is 0.858. The van der Waals surface area contributed by atoms with Gasteiger partial charge in [-0.15, -0.1) is 0 Å². The molecule has 0 aromatic rings. The molecule has 6 nitrogen and oxygen atoms in total. The third-order valence-electron chi connectivity index (χ3n) is 0.187. The summed E-state index contributed by atoms with van der Waals surface area (Å²) in [6, 6.07) is 0. The second kappa shape index (κ2) is 2.64. The summed E-state index contributed by atoms with van der Waals surface area (Å²) in [6.07, 6.45) is 0. The number of hydrogen-bond acceptors (Lipinski definition) is 3. The van der Waals surface area contributed by atoms with Crippen molar-refractivity contribution in [2.45, 2.75) is 0 Å². The lowest BCUT2D eigenvalue weighted by Crippen LogP contribution is -1.83. The van der Waals surface area contributed by atoms with Gasteiger partial charge in [-0.05, 0) is 8.88 Å². The number of nitrogens with two attached hydrogens (primary N) is 1. The number of phosphoric acid groups is 1. The Morgan fingerprint density at radius 2 is 2.00 bits per heavy atom. The molecule has 0 bridgehead atoms. The molecule has 0 spiro atoms. The summed E-state index contributed by atoms with van der Waals surface area (Å²) in [5.41, 5.74) is 4.37. The van der Waals surface area contributed by atoms with Crippen LogP contribution in [0.4, 0.5) is 0 Å². The molecule has 0 aliphatic heterocycles. The van der Waals surface area contributed by atoms with Crippen molar-refractivity contribution in [3.05, 3.63) is 0 Å². The fraction of sp³-hybridized carbons (Fsp3) is 0. The summed E-state index contributed by atoms with van der Waals surface area (Å²) in [5, 5.41) is 0. The van der Waals surface area contributed by atoms with Crippen molar-refractivity contribution in [1.29, 1.82) is 0 Å². The average Bonchev–Trinajstić information content (AvgIpc) is 1.21. The Hall–Kier alpha value is 0.170. The van der Waals surface area contributed by atoms with Gasteiger partial charge in [-0.3, -0.25) is 0 Å². The Balaban J connectivity index is 3.74. The molecule has 0 radical (unpaired) electrons. The average molecular weight is 160 g/mol. The van der Waals surface area contributed by atoms with Gasteiger partial charge < -0.3 is 9.79 Å². The molecule has 0 aliphatic rings. The molecule has 4 N–H and O–H groups in total. The van der Waals surface area contributed by atoms with Crippen LogP contribution in [-0.4, -0.2) is 9.79 Å². The molecule has 48 valence electrons. The summed E-state index contributed by atoms with van der Waals surface area (Å²) >= 11 is 0. The van der Waals surface area contributed by atoms with Crippen molar-refractivity contribution < 1.29 is 23.2 Å². The highest BCUT2D eigenvalue weighted by molar-refractivity contribution is 7.56. The van der Waals surface area contributed by atoms with Gasteiger partial charge in [0.05, 0.1) is 0 Å². The van der Waals surface area contributed by atoms with Gasteiger partial charge in [0.15, 0.2) is 0 Å². The summed E-state index contributed by atoms with van der Waals surface area (Å²) < 4.78 is 22.7. The molecule has 0 amide bonds. The highest BCUT2D eigenvalue weighted by Gasteiger charge is 2.27. The van der Waals surface area contributed by atoms with Crippen LogP contribution in [-0.2, 0) is 13.4 Å². The van der Waals surface area contributed by atoms with E-state index in [1.807, 2.05) is 0 Å². The third kappa shape index (κ3) is 6.17. The molecule has 8 heavy (non-hydrogen) atoms. The van der Waals surface area contributed by atoms with Crippen LogP contribution in [0.5, 0.6) is 0 Å². The molecule has 0 aromatic heterocycles. The fourth-order valence-corrected chi connectivity index (χ4v) is 0.943. The van der Waals surface area contributed by atoms with Crippen molar-refractivity contribution in [3.63, 3.8) is 0 Å². The zero-order valence-corrected chi connectivity index (χ0v) is 5.38. The highest BCUT2D eigenvalue weighted by atomic mass is 31.2. The Kier molecular flexibility index (Phi) is 2.70. The van der Waals surface area contributed by atoms with Crippen molar-refractivity contribution >= 4 is 16.0 Å². The van der Waals surface area contributed by atoms with Crippen LogP contribution in [0.3, 0.4) is 0 Å². The van der Waals surface area contributed by atoms with Crippen molar-refractivity contribution in [2.75, 3.05) is 0 Å². The maximum absolute atomic E-state index is 9.67. The van der Waals surface area contributed by atoms with E-state index < -0.39 is 16.0 Å². The lowest BCUT2D eigenvalue weighted by Gasteiger charge is -1.87. The first kappa shape index (κ1) is 8.17. The zero-order valence-electron chi connectivity index (χ0n) is 3.59. The Bertz CT molecular complexity index is 133. The molecule has 8 heteroatoms. The molecule has 0 aliphatic carbocycles.